The Bertz CT molecular complexity index is 547. The maximum atomic E-state index is 5.94. The van der Waals surface area contributed by atoms with Gasteiger partial charge in [0.15, 0.2) is 0 Å². The second-order valence-electron chi connectivity index (χ2n) is 7.12. The van der Waals surface area contributed by atoms with E-state index in [4.69, 9.17) is 5.73 Å². The van der Waals surface area contributed by atoms with E-state index in [1.54, 1.807) is 0 Å². The fraction of sp³-hybridized carbons (Fsp3) is 0.750. The highest BCUT2D eigenvalue weighted by Crippen LogP contribution is 2.45. The van der Waals surface area contributed by atoms with E-state index in [9.17, 15) is 0 Å². The highest BCUT2D eigenvalue weighted by Gasteiger charge is 2.39. The van der Waals surface area contributed by atoms with Gasteiger partial charge in [-0.3, -0.25) is 0 Å². The van der Waals surface area contributed by atoms with Crippen LogP contribution in [0.1, 0.15) is 32.1 Å². The van der Waals surface area contributed by atoms with Crippen molar-refractivity contribution in [3.63, 3.8) is 0 Å². The van der Waals surface area contributed by atoms with Gasteiger partial charge in [-0.25, -0.2) is 0 Å². The van der Waals surface area contributed by atoms with Crippen molar-refractivity contribution >= 4 is 17.6 Å². The number of nitrogens with two attached hydrogens (primary N) is 1. The van der Waals surface area contributed by atoms with Gasteiger partial charge in [-0.2, -0.15) is 9.97 Å². The van der Waals surface area contributed by atoms with Gasteiger partial charge in [-0.05, 0) is 44.6 Å². The summed E-state index contributed by atoms with van der Waals surface area (Å²) >= 11 is 0. The third kappa shape index (κ3) is 2.60. The van der Waals surface area contributed by atoms with E-state index in [1.807, 2.05) is 7.05 Å². The Hall–Kier alpha value is -1.56. The molecule has 6 nitrogen and oxygen atoms in total. The molecule has 1 aromatic heterocycles. The van der Waals surface area contributed by atoms with Crippen LogP contribution in [0, 0.1) is 11.8 Å². The second kappa shape index (κ2) is 5.57. The normalized spacial score (nSPS) is 33.6. The molecule has 6 heteroatoms. The molecule has 3 fully saturated rings. The zero-order chi connectivity index (χ0) is 15.1. The van der Waals surface area contributed by atoms with Crippen molar-refractivity contribution in [1.29, 1.82) is 0 Å². The van der Waals surface area contributed by atoms with E-state index in [0.29, 0.717) is 18.0 Å². The molecule has 4 atom stereocenters. The van der Waals surface area contributed by atoms with E-state index >= 15 is 0 Å². The minimum absolute atomic E-state index is 0.371. The third-order valence-corrected chi connectivity index (χ3v) is 5.72. The van der Waals surface area contributed by atoms with Crippen molar-refractivity contribution in [2.24, 2.45) is 11.8 Å². The van der Waals surface area contributed by atoms with Gasteiger partial charge < -0.3 is 21.3 Å². The van der Waals surface area contributed by atoms with E-state index in [-0.39, 0.29) is 0 Å². The number of nitrogens with zero attached hydrogens (tertiary/aromatic N) is 3. The summed E-state index contributed by atoms with van der Waals surface area (Å²) in [6.07, 6.45) is 6.61. The number of fused-ring (bicyclic) bond motifs is 2. The lowest BCUT2D eigenvalue weighted by Crippen LogP contribution is -2.30. The number of nitrogen functional groups attached to an aromatic ring is 1. The van der Waals surface area contributed by atoms with Crippen molar-refractivity contribution in [3.05, 3.63) is 6.07 Å². The van der Waals surface area contributed by atoms with Crippen LogP contribution in [-0.2, 0) is 0 Å². The molecule has 0 unspecified atom stereocenters. The third-order valence-electron chi connectivity index (χ3n) is 5.72. The van der Waals surface area contributed by atoms with Gasteiger partial charge in [-0.15, -0.1) is 0 Å². The maximum Gasteiger partial charge on any atom is 0.223 e. The molecule has 0 amide bonds. The molecule has 22 heavy (non-hydrogen) atoms. The maximum absolute atomic E-state index is 5.94. The van der Waals surface area contributed by atoms with Crippen molar-refractivity contribution < 1.29 is 0 Å². The molecule has 1 saturated heterocycles. The van der Waals surface area contributed by atoms with Crippen LogP contribution in [0.3, 0.4) is 0 Å². The van der Waals surface area contributed by atoms with Crippen LogP contribution in [0.15, 0.2) is 6.07 Å². The molecule has 4 N–H and O–H groups in total. The first-order valence-corrected chi connectivity index (χ1v) is 8.54. The van der Waals surface area contributed by atoms with Crippen LogP contribution in [-0.4, -0.2) is 42.2 Å². The Morgan fingerprint density at radius 2 is 2.14 bits per heavy atom. The number of rotatable bonds is 4. The standard InChI is InChI=1S/C16H26N6/c1-18-12-4-5-22(9-12)15-8-14(20-16(17)21-15)19-13-7-10-2-3-11(13)6-10/h8,10-13,18H,2-7,9H2,1H3,(H3,17,19,20,21)/t10-,11+,12+,13+/m0/s1. The van der Waals surface area contributed by atoms with Crippen molar-refractivity contribution in [2.45, 2.75) is 44.2 Å². The van der Waals surface area contributed by atoms with Crippen LogP contribution in [0.5, 0.6) is 0 Å². The van der Waals surface area contributed by atoms with Gasteiger partial charge in [0.25, 0.3) is 0 Å². The van der Waals surface area contributed by atoms with Gasteiger partial charge >= 0.3 is 0 Å². The Morgan fingerprint density at radius 3 is 2.82 bits per heavy atom. The topological polar surface area (TPSA) is 79.1 Å². The summed E-state index contributed by atoms with van der Waals surface area (Å²) in [4.78, 5) is 11.1. The molecule has 2 aliphatic carbocycles. The zero-order valence-electron chi connectivity index (χ0n) is 13.3. The monoisotopic (exact) mass is 302 g/mol. The highest BCUT2D eigenvalue weighted by molar-refractivity contribution is 5.54. The van der Waals surface area contributed by atoms with Gasteiger partial charge in [0.2, 0.25) is 5.95 Å². The van der Waals surface area contributed by atoms with Gasteiger partial charge in [0.05, 0.1) is 0 Å². The molecule has 2 heterocycles. The first-order valence-electron chi connectivity index (χ1n) is 8.54. The molecule has 120 valence electrons. The molecule has 1 aliphatic heterocycles. The molecule has 3 aliphatic rings. The number of anilines is 3. The molecular formula is C16H26N6. The Balaban J connectivity index is 1.49. The first kappa shape index (κ1) is 14.1. The van der Waals surface area contributed by atoms with E-state index in [1.165, 1.54) is 25.7 Å². The first-order chi connectivity index (χ1) is 10.7. The largest absolute Gasteiger partial charge is 0.368 e. The average Bonchev–Trinajstić information content (AvgIpc) is 3.23. The van der Waals surface area contributed by atoms with Crippen LogP contribution < -0.4 is 21.3 Å². The van der Waals surface area contributed by atoms with Crippen LogP contribution in [0.25, 0.3) is 0 Å². The second-order valence-corrected chi connectivity index (χ2v) is 7.12. The lowest BCUT2D eigenvalue weighted by atomic mass is 9.95. The number of hydrogen-bond acceptors (Lipinski definition) is 6. The summed E-state index contributed by atoms with van der Waals surface area (Å²) in [6.45, 7) is 2.01. The summed E-state index contributed by atoms with van der Waals surface area (Å²) in [5, 5.41) is 6.97. The molecule has 4 rings (SSSR count). The van der Waals surface area contributed by atoms with Crippen LogP contribution >= 0.6 is 0 Å². The molecule has 1 aromatic rings. The fourth-order valence-corrected chi connectivity index (χ4v) is 4.50. The number of nitrogens with one attached hydrogen (secondary N) is 2. The summed E-state index contributed by atoms with van der Waals surface area (Å²) in [5.74, 6) is 3.97. The van der Waals surface area contributed by atoms with E-state index in [2.05, 4.69) is 31.6 Å². The van der Waals surface area contributed by atoms with E-state index < -0.39 is 0 Å². The molecule has 0 spiro atoms. The predicted octanol–water partition coefficient (Wildman–Crippen LogP) is 1.46. The summed E-state index contributed by atoms with van der Waals surface area (Å²) in [7, 11) is 2.02. The predicted molar refractivity (Wildman–Crippen MR) is 89.0 cm³/mol. The number of hydrogen-bond donors (Lipinski definition) is 3. The smallest absolute Gasteiger partial charge is 0.223 e. The fourth-order valence-electron chi connectivity index (χ4n) is 4.50. The summed E-state index contributed by atoms with van der Waals surface area (Å²) < 4.78 is 0. The summed E-state index contributed by atoms with van der Waals surface area (Å²) in [5.41, 5.74) is 5.94. The molecule has 2 bridgehead atoms. The minimum atomic E-state index is 0.371. The molecule has 0 radical (unpaired) electrons. The van der Waals surface area contributed by atoms with Crippen LogP contribution in [0.2, 0.25) is 0 Å². The number of aromatic nitrogens is 2. The SMILES string of the molecule is CN[C@@H]1CCN(c2cc(N[C@@H]3C[C@H]4CC[C@@H]3C4)nc(N)n2)C1. The summed E-state index contributed by atoms with van der Waals surface area (Å²) in [6, 6.07) is 3.18. The average molecular weight is 302 g/mol. The highest BCUT2D eigenvalue weighted by atomic mass is 15.3. The minimum Gasteiger partial charge on any atom is -0.368 e. The van der Waals surface area contributed by atoms with Crippen molar-refractivity contribution in [1.82, 2.24) is 15.3 Å². The van der Waals surface area contributed by atoms with Crippen molar-refractivity contribution in [2.75, 3.05) is 36.1 Å². The van der Waals surface area contributed by atoms with Gasteiger partial charge in [-0.1, -0.05) is 6.42 Å². The Morgan fingerprint density at radius 1 is 1.23 bits per heavy atom. The van der Waals surface area contributed by atoms with E-state index in [0.717, 1.165) is 43.0 Å². The molecule has 2 saturated carbocycles. The zero-order valence-corrected chi connectivity index (χ0v) is 13.3. The van der Waals surface area contributed by atoms with Crippen LogP contribution in [0.4, 0.5) is 17.6 Å². The molecular weight excluding hydrogens is 276 g/mol. The quantitative estimate of drug-likeness (QED) is 0.781. The Kier molecular flexibility index (Phi) is 3.56. The van der Waals surface area contributed by atoms with Gasteiger partial charge in [0.1, 0.15) is 11.6 Å². The lowest BCUT2D eigenvalue weighted by molar-refractivity contribution is 0.439. The number of likely N-dealkylation sites (N-methyl/N-ethyl adjacent to an activating group) is 1. The molecule has 0 aromatic carbocycles. The lowest BCUT2D eigenvalue weighted by Gasteiger charge is -2.24. The van der Waals surface area contributed by atoms with Gasteiger partial charge in [0, 0.05) is 31.2 Å². The van der Waals surface area contributed by atoms with Crippen molar-refractivity contribution in [3.8, 4) is 0 Å². The Labute approximate surface area is 131 Å².